The lowest BCUT2D eigenvalue weighted by Gasteiger charge is -2.28. The maximum Gasteiger partial charge on any atom is 0.324 e. The summed E-state index contributed by atoms with van der Waals surface area (Å²) in [6.45, 7) is 8.95. The Balaban J connectivity index is 1.54. The predicted octanol–water partition coefficient (Wildman–Crippen LogP) is 0.922. The number of nitrogens with one attached hydrogen (secondary N) is 2. The Bertz CT molecular complexity index is 1190. The molecule has 2 N–H and O–H groups in total. The van der Waals surface area contributed by atoms with Gasteiger partial charge in [0.2, 0.25) is 5.91 Å². The second kappa shape index (κ2) is 7.74. The summed E-state index contributed by atoms with van der Waals surface area (Å²) in [5, 5.41) is 2.82. The number of aromatic amines is 1. The molecule has 1 saturated heterocycles. The summed E-state index contributed by atoms with van der Waals surface area (Å²) in [6.07, 6.45) is 2.34. The van der Waals surface area contributed by atoms with E-state index in [9.17, 15) is 14.4 Å². The van der Waals surface area contributed by atoms with Gasteiger partial charge in [-0.25, -0.2) is 14.8 Å². The number of unbranched alkanes of at least 4 members (excludes halogenated alkanes) is 2. The van der Waals surface area contributed by atoms with Crippen LogP contribution in [0.3, 0.4) is 0 Å². The molecule has 2 aromatic rings. The van der Waals surface area contributed by atoms with E-state index >= 15 is 0 Å². The SMILES string of the molecule is C=c1nc2c(c(=O)[nH]1)=Nc1cc(C)c(C)cc1N2CCCCCN1C(=O)CNC1=O. The van der Waals surface area contributed by atoms with Crippen molar-refractivity contribution < 1.29 is 9.59 Å². The van der Waals surface area contributed by atoms with Crippen molar-refractivity contribution in [1.29, 1.82) is 0 Å². The van der Waals surface area contributed by atoms with Crippen LogP contribution in [0.4, 0.5) is 22.0 Å². The number of imide groups is 1. The molecule has 0 spiro atoms. The van der Waals surface area contributed by atoms with Crippen molar-refractivity contribution in [3.05, 3.63) is 44.5 Å². The first-order valence-electron chi connectivity index (χ1n) is 10.00. The molecule has 0 bridgehead atoms. The number of benzene rings is 1. The van der Waals surface area contributed by atoms with Crippen molar-refractivity contribution in [2.24, 2.45) is 4.99 Å². The van der Waals surface area contributed by atoms with E-state index in [1.165, 1.54) is 4.90 Å². The predicted molar refractivity (Wildman–Crippen MR) is 113 cm³/mol. The molecule has 0 unspecified atom stereocenters. The van der Waals surface area contributed by atoms with Gasteiger partial charge in [0.1, 0.15) is 5.48 Å². The standard InChI is InChI=1S/C21H24N6O3/c1-12-9-15-16(10-13(12)2)26(19-18(25-15)20(29)24-14(3)23-19)7-5-4-6-8-27-17(28)11-22-21(27)30/h9-10H,3-8,11H2,1-2H3,(H,22,30)(H,24,29). The molecule has 0 saturated carbocycles. The fraction of sp³-hybridized carbons (Fsp3) is 0.381. The minimum absolute atomic E-state index is 0.0794. The molecule has 0 atom stereocenters. The molecule has 0 aliphatic carbocycles. The van der Waals surface area contributed by atoms with Gasteiger partial charge < -0.3 is 15.2 Å². The molecule has 3 heterocycles. The fourth-order valence-corrected chi connectivity index (χ4v) is 3.74. The molecule has 9 heteroatoms. The van der Waals surface area contributed by atoms with E-state index in [1.54, 1.807) is 0 Å². The van der Waals surface area contributed by atoms with Crippen LogP contribution in [-0.2, 0) is 4.79 Å². The normalized spacial score (nSPS) is 15.0. The van der Waals surface area contributed by atoms with Crippen molar-refractivity contribution >= 4 is 35.7 Å². The van der Waals surface area contributed by atoms with Crippen molar-refractivity contribution in [3.8, 4) is 0 Å². The Morgan fingerprint density at radius 2 is 1.73 bits per heavy atom. The first kappa shape index (κ1) is 19.8. The van der Waals surface area contributed by atoms with E-state index in [2.05, 4.69) is 32.9 Å². The molecule has 0 radical (unpaired) electrons. The fourth-order valence-electron chi connectivity index (χ4n) is 3.74. The van der Waals surface area contributed by atoms with E-state index in [0.29, 0.717) is 30.8 Å². The smallest absolute Gasteiger partial charge is 0.324 e. The average molecular weight is 408 g/mol. The van der Waals surface area contributed by atoms with E-state index in [1.807, 2.05) is 24.8 Å². The van der Waals surface area contributed by atoms with Gasteiger partial charge in [0.25, 0.3) is 5.56 Å². The van der Waals surface area contributed by atoms with Gasteiger partial charge >= 0.3 is 6.03 Å². The zero-order valence-electron chi connectivity index (χ0n) is 17.1. The number of carbonyl (C=O) groups excluding carboxylic acids is 2. The van der Waals surface area contributed by atoms with Crippen LogP contribution in [0.25, 0.3) is 6.58 Å². The summed E-state index contributed by atoms with van der Waals surface area (Å²) in [6, 6.07) is 3.73. The minimum atomic E-state index is -0.322. The third kappa shape index (κ3) is 3.58. The Morgan fingerprint density at radius 1 is 1.03 bits per heavy atom. The van der Waals surface area contributed by atoms with E-state index in [4.69, 9.17) is 0 Å². The number of rotatable bonds is 6. The van der Waals surface area contributed by atoms with Crippen molar-refractivity contribution in [2.45, 2.75) is 33.1 Å². The number of nitrogens with zero attached hydrogens (tertiary/aromatic N) is 4. The van der Waals surface area contributed by atoms with Gasteiger partial charge in [0.05, 0.1) is 17.9 Å². The van der Waals surface area contributed by atoms with Crippen LogP contribution in [0.1, 0.15) is 30.4 Å². The van der Waals surface area contributed by atoms with Crippen LogP contribution < -0.4 is 26.6 Å². The van der Waals surface area contributed by atoms with Gasteiger partial charge in [-0.2, -0.15) is 0 Å². The number of aromatic nitrogens is 2. The maximum absolute atomic E-state index is 12.4. The highest BCUT2D eigenvalue weighted by Crippen LogP contribution is 2.36. The van der Waals surface area contributed by atoms with Crippen LogP contribution >= 0.6 is 0 Å². The Morgan fingerprint density at radius 3 is 2.43 bits per heavy atom. The van der Waals surface area contributed by atoms with Gasteiger partial charge in [-0.05, 0) is 56.4 Å². The molecule has 2 aliphatic heterocycles. The van der Waals surface area contributed by atoms with Crippen molar-refractivity contribution in [1.82, 2.24) is 20.2 Å². The third-order valence-corrected chi connectivity index (χ3v) is 5.50. The van der Waals surface area contributed by atoms with Crippen molar-refractivity contribution in [2.75, 3.05) is 24.5 Å². The Kier molecular flexibility index (Phi) is 5.11. The molecule has 4 rings (SSSR count). The summed E-state index contributed by atoms with van der Waals surface area (Å²) in [5.41, 5.74) is 3.89. The number of carbonyl (C=O) groups is 2. The largest absolute Gasteiger partial charge is 0.329 e. The number of amides is 3. The van der Waals surface area contributed by atoms with Crippen LogP contribution in [0.5, 0.6) is 0 Å². The summed E-state index contributed by atoms with van der Waals surface area (Å²) in [5.74, 6) is 0.325. The summed E-state index contributed by atoms with van der Waals surface area (Å²) < 4.78 is 0. The van der Waals surface area contributed by atoms with E-state index < -0.39 is 0 Å². The molecule has 30 heavy (non-hydrogen) atoms. The van der Waals surface area contributed by atoms with Crippen LogP contribution in [0, 0.1) is 13.8 Å². The van der Waals surface area contributed by atoms with Gasteiger partial charge in [-0.15, -0.1) is 0 Å². The molecular weight excluding hydrogens is 384 g/mol. The number of hydrogen-bond donors (Lipinski definition) is 2. The van der Waals surface area contributed by atoms with E-state index in [0.717, 1.165) is 35.3 Å². The quantitative estimate of drug-likeness (QED) is 0.546. The van der Waals surface area contributed by atoms with Crippen LogP contribution in [0.15, 0.2) is 21.9 Å². The monoisotopic (exact) mass is 408 g/mol. The highest BCUT2D eigenvalue weighted by Gasteiger charge is 2.27. The van der Waals surface area contributed by atoms with Gasteiger partial charge in [0.15, 0.2) is 11.2 Å². The number of anilines is 2. The van der Waals surface area contributed by atoms with Gasteiger partial charge in [-0.1, -0.05) is 6.58 Å². The second-order valence-corrected chi connectivity index (χ2v) is 7.64. The summed E-state index contributed by atoms with van der Waals surface area (Å²) in [7, 11) is 0. The summed E-state index contributed by atoms with van der Waals surface area (Å²) >= 11 is 0. The average Bonchev–Trinajstić information content (AvgIpc) is 3.01. The van der Waals surface area contributed by atoms with Crippen molar-refractivity contribution in [3.63, 3.8) is 0 Å². The lowest BCUT2D eigenvalue weighted by molar-refractivity contribution is -0.125. The lowest BCUT2D eigenvalue weighted by atomic mass is 10.1. The highest BCUT2D eigenvalue weighted by atomic mass is 16.2. The Hall–Kier alpha value is -3.49. The molecule has 1 aromatic carbocycles. The zero-order chi connectivity index (χ0) is 21.4. The zero-order valence-corrected chi connectivity index (χ0v) is 17.1. The molecule has 2 aliphatic rings. The summed E-state index contributed by atoms with van der Waals surface area (Å²) in [4.78, 5) is 50.6. The first-order valence-corrected chi connectivity index (χ1v) is 10.00. The third-order valence-electron chi connectivity index (χ3n) is 5.50. The van der Waals surface area contributed by atoms with E-state index in [-0.39, 0.29) is 29.4 Å². The number of hydrogen-bond acceptors (Lipinski definition) is 6. The molecule has 9 nitrogen and oxygen atoms in total. The number of urea groups is 1. The highest BCUT2D eigenvalue weighted by molar-refractivity contribution is 6.01. The topological polar surface area (TPSA) is 111 Å². The number of H-pyrrole nitrogens is 1. The first-order chi connectivity index (χ1) is 14.3. The molecule has 156 valence electrons. The van der Waals surface area contributed by atoms with Gasteiger partial charge in [0, 0.05) is 13.1 Å². The Labute approximate surface area is 173 Å². The number of fused-ring (bicyclic) bond motifs is 2. The van der Waals surface area contributed by atoms with Crippen LogP contribution in [-0.4, -0.2) is 46.4 Å². The number of aryl methyl sites for hydroxylation is 2. The molecule has 1 aromatic heterocycles. The molecule has 3 amide bonds. The minimum Gasteiger partial charge on any atom is -0.329 e. The second-order valence-electron chi connectivity index (χ2n) is 7.64. The maximum atomic E-state index is 12.4. The van der Waals surface area contributed by atoms with Gasteiger partial charge in [-0.3, -0.25) is 14.5 Å². The lowest BCUT2D eigenvalue weighted by Crippen LogP contribution is -2.42. The molecular formula is C21H24N6O3. The van der Waals surface area contributed by atoms with Crippen LogP contribution in [0.2, 0.25) is 0 Å². The molecule has 1 fully saturated rings.